The number of hydrogen-bond acceptors (Lipinski definition) is 3. The van der Waals surface area contributed by atoms with Crippen LogP contribution in [0.1, 0.15) is 26.7 Å². The van der Waals surface area contributed by atoms with Gasteiger partial charge < -0.3 is 10.2 Å². The first-order valence-corrected chi connectivity index (χ1v) is 4.87. The van der Waals surface area contributed by atoms with E-state index in [1.54, 1.807) is 0 Å². The maximum absolute atomic E-state index is 5.34. The summed E-state index contributed by atoms with van der Waals surface area (Å²) in [5.74, 6) is 0.606. The summed E-state index contributed by atoms with van der Waals surface area (Å²) < 4.78 is 0. The molecular weight excluding hydrogens is 152 g/mol. The Balaban J connectivity index is 1.98. The van der Waals surface area contributed by atoms with Crippen LogP contribution >= 0.6 is 0 Å². The third kappa shape index (κ3) is 4.04. The quantitative estimate of drug-likeness (QED) is 0.619. The molecule has 12 heavy (non-hydrogen) atoms. The molecule has 1 unspecified atom stereocenters. The summed E-state index contributed by atoms with van der Waals surface area (Å²) in [5.41, 5.74) is 3.09. The molecule has 0 aliphatic carbocycles. The van der Waals surface area contributed by atoms with Gasteiger partial charge in [-0.3, -0.25) is 0 Å². The summed E-state index contributed by atoms with van der Waals surface area (Å²) in [6.07, 6.45) is 2.48. The summed E-state index contributed by atoms with van der Waals surface area (Å²) >= 11 is 0. The second kappa shape index (κ2) is 5.51. The lowest BCUT2D eigenvalue weighted by Crippen LogP contribution is -2.43. The van der Waals surface area contributed by atoms with E-state index in [1.165, 1.54) is 12.8 Å². The van der Waals surface area contributed by atoms with E-state index in [4.69, 9.17) is 4.84 Å². The van der Waals surface area contributed by atoms with Gasteiger partial charge in [-0.2, -0.15) is 5.48 Å². The molecule has 0 radical (unpaired) electrons. The van der Waals surface area contributed by atoms with Gasteiger partial charge in [-0.25, -0.2) is 0 Å². The van der Waals surface area contributed by atoms with Gasteiger partial charge in [-0.15, -0.1) is 0 Å². The van der Waals surface area contributed by atoms with Crippen molar-refractivity contribution in [2.24, 2.45) is 5.92 Å². The predicted octanol–water partition coefficient (Wildman–Crippen LogP) is 0.916. The molecule has 0 aromatic rings. The van der Waals surface area contributed by atoms with Crippen molar-refractivity contribution in [3.63, 3.8) is 0 Å². The maximum atomic E-state index is 5.34. The van der Waals surface area contributed by atoms with Gasteiger partial charge in [0, 0.05) is 12.6 Å². The minimum Gasteiger partial charge on any atom is -0.315 e. The second-order valence-corrected chi connectivity index (χ2v) is 3.87. The largest absolute Gasteiger partial charge is 0.315 e. The molecule has 1 rings (SSSR count). The van der Waals surface area contributed by atoms with Crippen molar-refractivity contribution in [2.75, 3.05) is 19.7 Å². The molecular formula is C9H20N2O. The van der Waals surface area contributed by atoms with Gasteiger partial charge in [0.1, 0.15) is 0 Å². The number of nitrogens with one attached hydrogen (secondary N) is 2. The fourth-order valence-corrected chi connectivity index (χ4v) is 1.29. The minimum atomic E-state index is 0.512. The number of piperidine rings is 1. The summed E-state index contributed by atoms with van der Waals surface area (Å²) in [7, 11) is 0. The van der Waals surface area contributed by atoms with Crippen molar-refractivity contribution in [1.82, 2.24) is 10.8 Å². The number of hydroxylamine groups is 1. The Bertz CT molecular complexity index is 111. The molecule has 72 valence electrons. The Labute approximate surface area is 74.8 Å². The Morgan fingerprint density at radius 1 is 1.58 bits per heavy atom. The standard InChI is InChI=1S/C9H20N2O/c1-8(2)7-12-11-9-4-3-5-10-6-9/h8-11H,3-7H2,1-2H3. The molecule has 0 aromatic heterocycles. The van der Waals surface area contributed by atoms with Crippen LogP contribution in [0.3, 0.4) is 0 Å². The lowest BCUT2D eigenvalue weighted by Gasteiger charge is -2.23. The van der Waals surface area contributed by atoms with E-state index >= 15 is 0 Å². The zero-order valence-electron chi connectivity index (χ0n) is 8.10. The summed E-state index contributed by atoms with van der Waals surface area (Å²) in [4.78, 5) is 5.34. The molecule has 1 fully saturated rings. The molecule has 0 saturated carbocycles. The fourth-order valence-electron chi connectivity index (χ4n) is 1.29. The molecule has 0 spiro atoms. The Kier molecular flexibility index (Phi) is 4.58. The molecule has 0 amide bonds. The monoisotopic (exact) mass is 172 g/mol. The molecule has 3 nitrogen and oxygen atoms in total. The van der Waals surface area contributed by atoms with Crippen molar-refractivity contribution < 1.29 is 4.84 Å². The molecule has 1 atom stereocenters. The zero-order valence-corrected chi connectivity index (χ0v) is 8.10. The van der Waals surface area contributed by atoms with E-state index in [2.05, 4.69) is 24.6 Å². The van der Waals surface area contributed by atoms with Gasteiger partial charge in [-0.05, 0) is 25.3 Å². The molecule has 1 aliphatic rings. The molecule has 3 heteroatoms. The van der Waals surface area contributed by atoms with Crippen molar-refractivity contribution in [1.29, 1.82) is 0 Å². The van der Waals surface area contributed by atoms with E-state index in [0.29, 0.717) is 12.0 Å². The summed E-state index contributed by atoms with van der Waals surface area (Å²) in [5, 5.41) is 3.33. The Morgan fingerprint density at radius 2 is 2.42 bits per heavy atom. The third-order valence-corrected chi connectivity index (χ3v) is 1.96. The molecule has 0 bridgehead atoms. The van der Waals surface area contributed by atoms with Crippen molar-refractivity contribution in [2.45, 2.75) is 32.7 Å². The van der Waals surface area contributed by atoms with E-state index < -0.39 is 0 Å². The van der Waals surface area contributed by atoms with E-state index in [1.807, 2.05) is 0 Å². The SMILES string of the molecule is CC(C)CONC1CCCNC1. The highest BCUT2D eigenvalue weighted by molar-refractivity contribution is 4.71. The fraction of sp³-hybridized carbons (Fsp3) is 1.00. The van der Waals surface area contributed by atoms with E-state index in [-0.39, 0.29) is 0 Å². The lowest BCUT2D eigenvalue weighted by atomic mass is 10.1. The van der Waals surface area contributed by atoms with Crippen LogP contribution in [0.2, 0.25) is 0 Å². The zero-order chi connectivity index (χ0) is 8.81. The van der Waals surface area contributed by atoms with Crippen LogP contribution < -0.4 is 10.8 Å². The van der Waals surface area contributed by atoms with Gasteiger partial charge in [0.15, 0.2) is 0 Å². The minimum absolute atomic E-state index is 0.512. The smallest absolute Gasteiger partial charge is 0.0705 e. The van der Waals surface area contributed by atoms with Crippen molar-refractivity contribution >= 4 is 0 Å². The van der Waals surface area contributed by atoms with Crippen LogP contribution in [0, 0.1) is 5.92 Å². The van der Waals surface area contributed by atoms with Crippen LogP contribution in [0.4, 0.5) is 0 Å². The predicted molar refractivity (Wildman–Crippen MR) is 49.8 cm³/mol. The Hall–Kier alpha value is -0.120. The highest BCUT2D eigenvalue weighted by Crippen LogP contribution is 2.01. The lowest BCUT2D eigenvalue weighted by molar-refractivity contribution is -0.00383. The Morgan fingerprint density at radius 3 is 3.00 bits per heavy atom. The van der Waals surface area contributed by atoms with Gasteiger partial charge >= 0.3 is 0 Å². The van der Waals surface area contributed by atoms with Crippen LogP contribution in [0.5, 0.6) is 0 Å². The van der Waals surface area contributed by atoms with Crippen LogP contribution in [0.25, 0.3) is 0 Å². The molecule has 0 aromatic carbocycles. The van der Waals surface area contributed by atoms with Gasteiger partial charge in [0.25, 0.3) is 0 Å². The summed E-state index contributed by atoms with van der Waals surface area (Å²) in [6.45, 7) is 7.30. The van der Waals surface area contributed by atoms with Crippen LogP contribution in [-0.4, -0.2) is 25.7 Å². The number of rotatable bonds is 4. The van der Waals surface area contributed by atoms with Crippen LogP contribution in [-0.2, 0) is 4.84 Å². The molecule has 1 heterocycles. The van der Waals surface area contributed by atoms with Gasteiger partial charge in [0.2, 0.25) is 0 Å². The third-order valence-electron chi connectivity index (χ3n) is 1.96. The second-order valence-electron chi connectivity index (χ2n) is 3.87. The average Bonchev–Trinajstić information content (AvgIpc) is 2.05. The molecule has 1 aliphatic heterocycles. The normalized spacial score (nSPS) is 24.8. The molecule has 2 N–H and O–H groups in total. The highest BCUT2D eigenvalue weighted by Gasteiger charge is 2.11. The summed E-state index contributed by atoms with van der Waals surface area (Å²) in [6, 6.07) is 0.512. The van der Waals surface area contributed by atoms with Crippen molar-refractivity contribution in [3.05, 3.63) is 0 Å². The number of hydrogen-bond donors (Lipinski definition) is 2. The maximum Gasteiger partial charge on any atom is 0.0705 e. The topological polar surface area (TPSA) is 33.3 Å². The molecule has 1 saturated heterocycles. The van der Waals surface area contributed by atoms with Crippen LogP contribution in [0.15, 0.2) is 0 Å². The highest BCUT2D eigenvalue weighted by atomic mass is 16.6. The van der Waals surface area contributed by atoms with Crippen molar-refractivity contribution in [3.8, 4) is 0 Å². The average molecular weight is 172 g/mol. The first-order chi connectivity index (χ1) is 5.79. The van der Waals surface area contributed by atoms with E-state index in [9.17, 15) is 0 Å². The van der Waals surface area contributed by atoms with E-state index in [0.717, 1.165) is 19.7 Å². The van der Waals surface area contributed by atoms with Gasteiger partial charge in [-0.1, -0.05) is 13.8 Å². The van der Waals surface area contributed by atoms with Gasteiger partial charge in [0.05, 0.1) is 6.61 Å². The first kappa shape index (κ1) is 9.96. The first-order valence-electron chi connectivity index (χ1n) is 4.87.